The number of hydrogen-bond acceptors (Lipinski definition) is 3. The number of carbonyl (C=O) groups excluding carboxylic acids is 1. The lowest BCUT2D eigenvalue weighted by Gasteiger charge is -2.04. The number of aryl methyl sites for hydroxylation is 2. The van der Waals surface area contributed by atoms with Crippen molar-refractivity contribution in [3.05, 3.63) is 40.3 Å². The van der Waals surface area contributed by atoms with Gasteiger partial charge in [-0.15, -0.1) is 0 Å². The fourth-order valence-electron chi connectivity index (χ4n) is 1.42. The standard InChI is InChI=1S/C11H11BrN4O/c1-7-5-10(16(2)15-7)14-11(17)9-4-3-8(12)6-13-9/h3-6H,1-2H3,(H,14,17). The van der Waals surface area contributed by atoms with Crippen molar-refractivity contribution in [1.29, 1.82) is 0 Å². The second kappa shape index (κ2) is 4.67. The Balaban J connectivity index is 2.17. The smallest absolute Gasteiger partial charge is 0.275 e. The van der Waals surface area contributed by atoms with Crippen molar-refractivity contribution in [2.75, 3.05) is 5.32 Å². The number of aromatic nitrogens is 3. The first kappa shape index (κ1) is 11.8. The molecule has 1 amide bonds. The highest BCUT2D eigenvalue weighted by atomic mass is 79.9. The lowest BCUT2D eigenvalue weighted by molar-refractivity contribution is 0.102. The van der Waals surface area contributed by atoms with E-state index < -0.39 is 0 Å². The van der Waals surface area contributed by atoms with E-state index in [9.17, 15) is 4.79 Å². The van der Waals surface area contributed by atoms with Crippen molar-refractivity contribution in [2.45, 2.75) is 6.92 Å². The van der Waals surface area contributed by atoms with Crippen LogP contribution >= 0.6 is 15.9 Å². The quantitative estimate of drug-likeness (QED) is 0.923. The predicted octanol–water partition coefficient (Wildman–Crippen LogP) is 2.14. The van der Waals surface area contributed by atoms with E-state index in [0.717, 1.165) is 10.2 Å². The molecule has 17 heavy (non-hydrogen) atoms. The molecule has 2 heterocycles. The van der Waals surface area contributed by atoms with E-state index in [1.807, 2.05) is 6.92 Å². The molecule has 0 saturated carbocycles. The minimum absolute atomic E-state index is 0.250. The highest BCUT2D eigenvalue weighted by Crippen LogP contribution is 2.11. The third-order valence-corrected chi connectivity index (χ3v) is 2.67. The Labute approximate surface area is 107 Å². The third-order valence-electron chi connectivity index (χ3n) is 2.20. The largest absolute Gasteiger partial charge is 0.305 e. The van der Waals surface area contributed by atoms with E-state index in [4.69, 9.17) is 0 Å². The molecule has 0 saturated heterocycles. The number of amides is 1. The van der Waals surface area contributed by atoms with Crippen molar-refractivity contribution in [3.8, 4) is 0 Å². The van der Waals surface area contributed by atoms with Crippen LogP contribution in [0.3, 0.4) is 0 Å². The lowest BCUT2D eigenvalue weighted by atomic mass is 10.3. The first-order valence-corrected chi connectivity index (χ1v) is 5.79. The van der Waals surface area contributed by atoms with Crippen LogP contribution in [0.2, 0.25) is 0 Å². The molecule has 0 unspecified atom stereocenters. The van der Waals surface area contributed by atoms with Gasteiger partial charge in [-0.05, 0) is 35.0 Å². The monoisotopic (exact) mass is 294 g/mol. The van der Waals surface area contributed by atoms with E-state index in [1.54, 1.807) is 36.1 Å². The summed E-state index contributed by atoms with van der Waals surface area (Å²) >= 11 is 3.27. The molecule has 0 aromatic carbocycles. The summed E-state index contributed by atoms with van der Waals surface area (Å²) in [5.41, 5.74) is 1.22. The zero-order chi connectivity index (χ0) is 12.4. The Bertz CT molecular complexity index is 547. The van der Waals surface area contributed by atoms with E-state index in [2.05, 4.69) is 31.3 Å². The Morgan fingerprint density at radius 1 is 1.47 bits per heavy atom. The van der Waals surface area contributed by atoms with Gasteiger partial charge in [0.1, 0.15) is 11.5 Å². The highest BCUT2D eigenvalue weighted by Gasteiger charge is 2.10. The first-order valence-electron chi connectivity index (χ1n) is 5.00. The van der Waals surface area contributed by atoms with Crippen molar-refractivity contribution < 1.29 is 4.79 Å². The fourth-order valence-corrected chi connectivity index (χ4v) is 1.65. The van der Waals surface area contributed by atoms with E-state index in [0.29, 0.717) is 11.5 Å². The van der Waals surface area contributed by atoms with Gasteiger partial charge in [-0.2, -0.15) is 5.10 Å². The maximum Gasteiger partial charge on any atom is 0.275 e. The summed E-state index contributed by atoms with van der Waals surface area (Å²) in [6, 6.07) is 5.23. The molecule has 0 atom stereocenters. The first-order chi connectivity index (χ1) is 8.06. The number of nitrogens with zero attached hydrogens (tertiary/aromatic N) is 3. The van der Waals surface area contributed by atoms with Crippen LogP contribution in [0.4, 0.5) is 5.82 Å². The summed E-state index contributed by atoms with van der Waals surface area (Å²) < 4.78 is 2.46. The molecule has 2 aromatic heterocycles. The molecule has 5 nitrogen and oxygen atoms in total. The Hall–Kier alpha value is -1.69. The van der Waals surface area contributed by atoms with Crippen LogP contribution in [0.25, 0.3) is 0 Å². The van der Waals surface area contributed by atoms with Gasteiger partial charge in [0, 0.05) is 23.8 Å². The van der Waals surface area contributed by atoms with Gasteiger partial charge in [-0.3, -0.25) is 9.48 Å². The average molecular weight is 295 g/mol. The fraction of sp³-hybridized carbons (Fsp3) is 0.182. The molecule has 0 aliphatic carbocycles. The summed E-state index contributed by atoms with van der Waals surface area (Å²) in [6.07, 6.45) is 1.59. The van der Waals surface area contributed by atoms with Gasteiger partial charge in [0.05, 0.1) is 5.69 Å². The van der Waals surface area contributed by atoms with Gasteiger partial charge in [-0.25, -0.2) is 4.98 Å². The molecule has 0 aliphatic heterocycles. The van der Waals surface area contributed by atoms with Crippen molar-refractivity contribution in [2.24, 2.45) is 7.05 Å². The van der Waals surface area contributed by atoms with Gasteiger partial charge in [0.2, 0.25) is 0 Å². The summed E-state index contributed by atoms with van der Waals surface area (Å²) in [7, 11) is 1.78. The van der Waals surface area contributed by atoms with Crippen LogP contribution in [0.1, 0.15) is 16.2 Å². The van der Waals surface area contributed by atoms with E-state index >= 15 is 0 Å². The maximum absolute atomic E-state index is 11.9. The Morgan fingerprint density at radius 3 is 2.76 bits per heavy atom. The van der Waals surface area contributed by atoms with Crippen molar-refractivity contribution in [1.82, 2.24) is 14.8 Å². The van der Waals surface area contributed by atoms with Crippen LogP contribution < -0.4 is 5.32 Å². The van der Waals surface area contributed by atoms with E-state index in [1.165, 1.54) is 0 Å². The third kappa shape index (κ3) is 2.71. The molecule has 2 aromatic rings. The minimum atomic E-state index is -0.250. The second-order valence-corrected chi connectivity index (χ2v) is 4.53. The van der Waals surface area contributed by atoms with E-state index in [-0.39, 0.29) is 5.91 Å². The predicted molar refractivity (Wildman–Crippen MR) is 67.8 cm³/mol. The number of carbonyl (C=O) groups is 1. The van der Waals surface area contributed by atoms with Crippen molar-refractivity contribution >= 4 is 27.7 Å². The van der Waals surface area contributed by atoms with Crippen LogP contribution in [0, 0.1) is 6.92 Å². The molecule has 0 spiro atoms. The number of pyridine rings is 1. The normalized spacial score (nSPS) is 10.3. The molecule has 0 aliphatic rings. The molecule has 2 rings (SSSR count). The molecule has 88 valence electrons. The summed E-state index contributed by atoms with van der Waals surface area (Å²) in [5, 5.41) is 6.90. The Morgan fingerprint density at radius 2 is 2.24 bits per heavy atom. The number of anilines is 1. The lowest BCUT2D eigenvalue weighted by Crippen LogP contribution is -2.15. The molecular weight excluding hydrogens is 284 g/mol. The number of rotatable bonds is 2. The average Bonchev–Trinajstić information content (AvgIpc) is 2.58. The molecule has 0 bridgehead atoms. The van der Waals surface area contributed by atoms with Crippen LogP contribution in [-0.2, 0) is 7.05 Å². The van der Waals surface area contributed by atoms with Gasteiger partial charge < -0.3 is 5.32 Å². The van der Waals surface area contributed by atoms with Crippen LogP contribution in [-0.4, -0.2) is 20.7 Å². The maximum atomic E-state index is 11.9. The van der Waals surface area contributed by atoms with Gasteiger partial charge in [0.15, 0.2) is 0 Å². The zero-order valence-electron chi connectivity index (χ0n) is 9.44. The minimum Gasteiger partial charge on any atom is -0.305 e. The van der Waals surface area contributed by atoms with Crippen molar-refractivity contribution in [3.63, 3.8) is 0 Å². The zero-order valence-corrected chi connectivity index (χ0v) is 11.0. The van der Waals surface area contributed by atoms with Gasteiger partial charge in [0.25, 0.3) is 5.91 Å². The molecule has 0 fully saturated rings. The molecule has 1 N–H and O–H groups in total. The Kier molecular flexibility index (Phi) is 3.23. The second-order valence-electron chi connectivity index (χ2n) is 3.61. The summed E-state index contributed by atoms with van der Waals surface area (Å²) in [6.45, 7) is 1.87. The van der Waals surface area contributed by atoms with Crippen LogP contribution in [0.15, 0.2) is 28.9 Å². The number of hydrogen-bond donors (Lipinski definition) is 1. The topological polar surface area (TPSA) is 59.8 Å². The SMILES string of the molecule is Cc1cc(NC(=O)c2ccc(Br)cn2)n(C)n1. The molecule has 0 radical (unpaired) electrons. The summed E-state index contributed by atoms with van der Waals surface area (Å²) in [5.74, 6) is 0.401. The number of nitrogens with one attached hydrogen (secondary N) is 1. The van der Waals surface area contributed by atoms with Gasteiger partial charge >= 0.3 is 0 Å². The highest BCUT2D eigenvalue weighted by molar-refractivity contribution is 9.10. The molecule has 6 heteroatoms. The van der Waals surface area contributed by atoms with Crippen LogP contribution in [0.5, 0.6) is 0 Å². The number of halogens is 1. The van der Waals surface area contributed by atoms with Gasteiger partial charge in [-0.1, -0.05) is 0 Å². The molecular formula is C11H11BrN4O. The summed E-state index contributed by atoms with van der Waals surface area (Å²) in [4.78, 5) is 15.9.